The van der Waals surface area contributed by atoms with Gasteiger partial charge in [-0.05, 0) is 63.4 Å². The molecule has 0 bridgehead atoms. The highest BCUT2D eigenvalue weighted by Crippen LogP contribution is 2.29. The van der Waals surface area contributed by atoms with Crippen LogP contribution < -0.4 is 5.32 Å². The summed E-state index contributed by atoms with van der Waals surface area (Å²) >= 11 is 0. The van der Waals surface area contributed by atoms with Crippen LogP contribution in [0, 0.1) is 6.92 Å². The minimum Gasteiger partial charge on any atom is -0.351 e. The number of aromatic nitrogens is 1. The number of nitrogens with one attached hydrogen (secondary N) is 1. The first kappa shape index (κ1) is 22.5. The molecule has 0 aliphatic carbocycles. The highest BCUT2D eigenvalue weighted by atomic mass is 16.2. The molecule has 4 rings (SSSR count). The van der Waals surface area contributed by atoms with Gasteiger partial charge in [0.25, 0.3) is 5.91 Å². The number of hydrogen-bond acceptors (Lipinski definition) is 4. The number of piperidine rings is 1. The van der Waals surface area contributed by atoms with Crippen LogP contribution in [0.5, 0.6) is 0 Å². The fourth-order valence-electron chi connectivity index (χ4n) is 4.79. The maximum atomic E-state index is 12.9. The molecule has 0 unspecified atom stereocenters. The third kappa shape index (κ3) is 5.74. The Labute approximate surface area is 191 Å². The van der Waals surface area contributed by atoms with Crippen LogP contribution in [0.1, 0.15) is 58.9 Å². The first-order valence-corrected chi connectivity index (χ1v) is 11.9. The number of benzene rings is 1. The van der Waals surface area contributed by atoms with Crippen molar-refractivity contribution >= 4 is 11.8 Å². The number of rotatable bonds is 7. The van der Waals surface area contributed by atoms with Gasteiger partial charge in [0.05, 0.1) is 17.7 Å². The average molecular weight is 435 g/mol. The van der Waals surface area contributed by atoms with E-state index in [2.05, 4.69) is 10.2 Å². The van der Waals surface area contributed by atoms with E-state index in [0.717, 1.165) is 49.4 Å². The van der Waals surface area contributed by atoms with Gasteiger partial charge in [-0.15, -0.1) is 0 Å². The fourth-order valence-corrected chi connectivity index (χ4v) is 4.79. The van der Waals surface area contributed by atoms with E-state index >= 15 is 0 Å². The molecule has 32 heavy (non-hydrogen) atoms. The Bertz CT molecular complexity index is 917. The quantitative estimate of drug-likeness (QED) is 0.727. The van der Waals surface area contributed by atoms with Crippen LogP contribution >= 0.6 is 0 Å². The fraction of sp³-hybridized carbons (Fsp3) is 0.500. The molecule has 0 spiro atoms. The summed E-state index contributed by atoms with van der Waals surface area (Å²) in [5.74, 6) is 0.344. The molecule has 2 saturated heterocycles. The molecule has 1 aromatic carbocycles. The number of carbonyl (C=O) groups is 2. The summed E-state index contributed by atoms with van der Waals surface area (Å²) in [4.78, 5) is 34.8. The summed E-state index contributed by atoms with van der Waals surface area (Å²) in [5.41, 5.74) is 3.55. The van der Waals surface area contributed by atoms with Gasteiger partial charge in [0, 0.05) is 37.8 Å². The van der Waals surface area contributed by atoms with Gasteiger partial charge in [-0.2, -0.15) is 0 Å². The second-order valence-corrected chi connectivity index (χ2v) is 9.01. The van der Waals surface area contributed by atoms with E-state index in [4.69, 9.17) is 4.98 Å². The highest BCUT2D eigenvalue weighted by Gasteiger charge is 2.28. The number of nitrogens with zero attached hydrogens (tertiary/aromatic N) is 3. The molecule has 1 aromatic heterocycles. The molecule has 3 heterocycles. The zero-order valence-electron chi connectivity index (χ0n) is 19.1. The molecule has 2 amide bonds. The molecular weight excluding hydrogens is 400 g/mol. The van der Waals surface area contributed by atoms with Crippen LogP contribution in [0.15, 0.2) is 42.5 Å². The zero-order valence-corrected chi connectivity index (χ0v) is 19.1. The Morgan fingerprint density at radius 1 is 1.00 bits per heavy atom. The van der Waals surface area contributed by atoms with Crippen molar-refractivity contribution in [2.75, 3.05) is 39.3 Å². The SMILES string of the molecule is Cc1ccc(C(=O)NCCN2CCCC2)c(C2CCN(C(=O)Cc3ccccc3)CC2)n1. The molecular formula is C26H34N4O2. The van der Waals surface area contributed by atoms with E-state index in [1.165, 1.54) is 12.8 Å². The molecule has 6 nitrogen and oxygen atoms in total. The van der Waals surface area contributed by atoms with Gasteiger partial charge >= 0.3 is 0 Å². The Hall–Kier alpha value is -2.73. The van der Waals surface area contributed by atoms with E-state index in [1.807, 2.05) is 54.3 Å². The lowest BCUT2D eigenvalue weighted by atomic mass is 9.89. The third-order valence-corrected chi connectivity index (χ3v) is 6.65. The van der Waals surface area contributed by atoms with Crippen LogP contribution in [0.25, 0.3) is 0 Å². The highest BCUT2D eigenvalue weighted by molar-refractivity contribution is 5.95. The van der Waals surface area contributed by atoms with Crippen molar-refractivity contribution in [2.45, 2.75) is 44.9 Å². The minimum absolute atomic E-state index is 0.0331. The topological polar surface area (TPSA) is 65.5 Å². The van der Waals surface area contributed by atoms with Gasteiger partial charge < -0.3 is 15.1 Å². The van der Waals surface area contributed by atoms with Crippen molar-refractivity contribution in [1.29, 1.82) is 0 Å². The zero-order chi connectivity index (χ0) is 22.3. The number of aryl methyl sites for hydroxylation is 1. The van der Waals surface area contributed by atoms with Crippen molar-refractivity contribution in [3.05, 3.63) is 65.0 Å². The van der Waals surface area contributed by atoms with Gasteiger partial charge in [-0.1, -0.05) is 30.3 Å². The monoisotopic (exact) mass is 434 g/mol. The smallest absolute Gasteiger partial charge is 0.253 e. The standard InChI is InChI=1S/C26H34N4O2/c1-20-9-10-23(26(32)27-13-18-29-14-5-6-15-29)25(28-20)22-11-16-30(17-12-22)24(31)19-21-7-3-2-4-8-21/h2-4,7-10,22H,5-6,11-19H2,1H3,(H,27,32). The first-order chi connectivity index (χ1) is 15.6. The van der Waals surface area contributed by atoms with Crippen LogP contribution in [0.2, 0.25) is 0 Å². The second-order valence-electron chi connectivity index (χ2n) is 9.01. The Morgan fingerprint density at radius 3 is 2.44 bits per heavy atom. The van der Waals surface area contributed by atoms with Crippen molar-refractivity contribution in [3.8, 4) is 0 Å². The molecule has 1 N–H and O–H groups in total. The van der Waals surface area contributed by atoms with Crippen molar-refractivity contribution in [2.24, 2.45) is 0 Å². The van der Waals surface area contributed by atoms with Gasteiger partial charge in [0.1, 0.15) is 0 Å². The Kier molecular flexibility index (Phi) is 7.53. The molecule has 2 fully saturated rings. The maximum absolute atomic E-state index is 12.9. The van der Waals surface area contributed by atoms with Crippen molar-refractivity contribution < 1.29 is 9.59 Å². The van der Waals surface area contributed by atoms with Gasteiger partial charge in [0.15, 0.2) is 0 Å². The lowest BCUT2D eigenvalue weighted by Crippen LogP contribution is -2.39. The number of hydrogen-bond donors (Lipinski definition) is 1. The average Bonchev–Trinajstić information content (AvgIpc) is 3.33. The number of carbonyl (C=O) groups excluding carboxylic acids is 2. The van der Waals surface area contributed by atoms with E-state index in [1.54, 1.807) is 0 Å². The molecule has 0 atom stereocenters. The summed E-state index contributed by atoms with van der Waals surface area (Å²) in [6.45, 7) is 7.23. The summed E-state index contributed by atoms with van der Waals surface area (Å²) in [6.07, 6.45) is 4.63. The summed E-state index contributed by atoms with van der Waals surface area (Å²) in [7, 11) is 0. The number of likely N-dealkylation sites (tertiary alicyclic amines) is 2. The maximum Gasteiger partial charge on any atom is 0.253 e. The largest absolute Gasteiger partial charge is 0.351 e. The molecule has 6 heteroatoms. The predicted molar refractivity (Wildman–Crippen MR) is 126 cm³/mol. The van der Waals surface area contributed by atoms with E-state index in [9.17, 15) is 9.59 Å². The molecule has 2 aliphatic rings. The third-order valence-electron chi connectivity index (χ3n) is 6.65. The van der Waals surface area contributed by atoms with Gasteiger partial charge in [0.2, 0.25) is 5.91 Å². The summed E-state index contributed by atoms with van der Waals surface area (Å²) < 4.78 is 0. The minimum atomic E-state index is -0.0331. The van der Waals surface area contributed by atoms with Gasteiger partial charge in [-0.25, -0.2) is 0 Å². The molecule has 2 aliphatic heterocycles. The van der Waals surface area contributed by atoms with Crippen LogP contribution in [0.3, 0.4) is 0 Å². The normalized spacial score (nSPS) is 17.5. The first-order valence-electron chi connectivity index (χ1n) is 11.9. The van der Waals surface area contributed by atoms with Crippen LogP contribution in [0.4, 0.5) is 0 Å². The lowest BCUT2D eigenvalue weighted by Gasteiger charge is -2.32. The number of pyridine rings is 1. The van der Waals surface area contributed by atoms with E-state index in [0.29, 0.717) is 31.6 Å². The molecule has 0 radical (unpaired) electrons. The number of amides is 2. The van der Waals surface area contributed by atoms with Crippen molar-refractivity contribution in [3.63, 3.8) is 0 Å². The molecule has 170 valence electrons. The predicted octanol–water partition coefficient (Wildman–Crippen LogP) is 3.16. The summed E-state index contributed by atoms with van der Waals surface area (Å²) in [5, 5.41) is 3.09. The van der Waals surface area contributed by atoms with Gasteiger partial charge in [-0.3, -0.25) is 14.6 Å². The lowest BCUT2D eigenvalue weighted by molar-refractivity contribution is -0.131. The van der Waals surface area contributed by atoms with E-state index < -0.39 is 0 Å². The Morgan fingerprint density at radius 2 is 1.72 bits per heavy atom. The Balaban J connectivity index is 1.34. The summed E-state index contributed by atoms with van der Waals surface area (Å²) in [6, 6.07) is 13.7. The van der Waals surface area contributed by atoms with Crippen LogP contribution in [-0.2, 0) is 11.2 Å². The van der Waals surface area contributed by atoms with E-state index in [-0.39, 0.29) is 17.7 Å². The second kappa shape index (κ2) is 10.7. The van der Waals surface area contributed by atoms with Crippen molar-refractivity contribution in [1.82, 2.24) is 20.1 Å². The van der Waals surface area contributed by atoms with Crippen LogP contribution in [-0.4, -0.2) is 65.9 Å². The molecule has 2 aromatic rings. The molecule has 0 saturated carbocycles.